The highest BCUT2D eigenvalue weighted by molar-refractivity contribution is 6.00. The van der Waals surface area contributed by atoms with Crippen LogP contribution in [0.3, 0.4) is 0 Å². The zero-order valence-electron chi connectivity index (χ0n) is 31.5. The van der Waals surface area contributed by atoms with Gasteiger partial charge < -0.3 is 25.3 Å². The molecule has 0 aliphatic heterocycles. The van der Waals surface area contributed by atoms with Gasteiger partial charge in [0.1, 0.15) is 18.4 Å². The van der Waals surface area contributed by atoms with Crippen molar-refractivity contribution in [2.75, 3.05) is 12.3 Å². The third-order valence-electron chi connectivity index (χ3n) is 8.31. The van der Waals surface area contributed by atoms with E-state index in [0.29, 0.717) is 34.7 Å². The summed E-state index contributed by atoms with van der Waals surface area (Å²) in [5.41, 5.74) is 3.33. The van der Waals surface area contributed by atoms with Crippen LogP contribution < -0.4 is 28.0 Å². The van der Waals surface area contributed by atoms with Gasteiger partial charge in [-0.15, -0.1) is 0 Å². The molecule has 3 aromatic carbocycles. The van der Waals surface area contributed by atoms with Crippen molar-refractivity contribution >= 4 is 56.4 Å². The highest BCUT2D eigenvalue weighted by Crippen LogP contribution is 2.23. The summed E-state index contributed by atoms with van der Waals surface area (Å²) in [6, 6.07) is 14.4. The molecular weight excluding hydrogens is 754 g/mol. The van der Waals surface area contributed by atoms with Crippen LogP contribution in [0.15, 0.2) is 80.4 Å². The minimum absolute atomic E-state index is 0.0702. The quantitative estimate of drug-likeness (QED) is 0.196. The molecule has 0 aliphatic carbocycles. The van der Waals surface area contributed by atoms with Crippen LogP contribution in [0.4, 0.5) is 5.82 Å². The fourth-order valence-electron chi connectivity index (χ4n) is 6.00. The molecule has 0 saturated heterocycles. The van der Waals surface area contributed by atoms with Crippen LogP contribution in [0.5, 0.6) is 0 Å². The maximum absolute atomic E-state index is 13.3. The first-order valence-corrected chi connectivity index (χ1v) is 16.9. The summed E-state index contributed by atoms with van der Waals surface area (Å²) in [5, 5.41) is 33.1. The molecule has 0 saturated carbocycles. The number of fused-ring (bicyclic) bond motifs is 3. The Kier molecular flexibility index (Phi) is 13.1. The number of para-hydroxylation sites is 2. The van der Waals surface area contributed by atoms with Gasteiger partial charge in [-0.3, -0.25) is 24.0 Å². The molecule has 0 aliphatic rings. The van der Waals surface area contributed by atoms with Crippen LogP contribution in [0.2, 0.25) is 0 Å². The molecule has 0 fully saturated rings. The van der Waals surface area contributed by atoms with Crippen LogP contribution >= 0.6 is 0 Å². The molecule has 4 aromatic heterocycles. The van der Waals surface area contributed by atoms with Crippen LogP contribution in [0.25, 0.3) is 44.1 Å². The molecule has 0 unspecified atom stereocenters. The zero-order chi connectivity index (χ0) is 43.0. The summed E-state index contributed by atoms with van der Waals surface area (Å²) in [7, 11) is 0. The number of carbonyl (C=O) groups excluding carboxylic acids is 1. The van der Waals surface area contributed by atoms with Crippen LogP contribution in [-0.4, -0.2) is 63.4 Å². The van der Waals surface area contributed by atoms with E-state index in [2.05, 4.69) is 15.0 Å². The van der Waals surface area contributed by atoms with Gasteiger partial charge in [-0.05, 0) is 56.2 Å². The molecule has 294 valence electrons. The highest BCUT2D eigenvalue weighted by Gasteiger charge is 2.26. The topological polar surface area (TPSA) is 296 Å². The van der Waals surface area contributed by atoms with Gasteiger partial charge >= 0.3 is 17.9 Å². The fourth-order valence-corrected chi connectivity index (χ4v) is 6.00. The van der Waals surface area contributed by atoms with E-state index in [-0.39, 0.29) is 56.6 Å². The molecule has 4 heterocycles. The van der Waals surface area contributed by atoms with Gasteiger partial charge in [0.05, 0.1) is 69.1 Å². The first-order chi connectivity index (χ1) is 27.6. The molecule has 0 amide bonds. The number of imidazole rings is 1. The first-order valence-electron chi connectivity index (χ1n) is 16.9. The number of carbonyl (C=O) groups is 3. The van der Waals surface area contributed by atoms with E-state index in [0.717, 1.165) is 21.3 Å². The van der Waals surface area contributed by atoms with E-state index in [1.807, 2.05) is 0 Å². The average molecular weight is 788 g/mol. The summed E-state index contributed by atoms with van der Waals surface area (Å²) in [5.74, 6) is -2.70. The van der Waals surface area contributed by atoms with Crippen molar-refractivity contribution in [1.82, 2.24) is 28.7 Å². The highest BCUT2D eigenvalue weighted by atomic mass is 16.5. The van der Waals surface area contributed by atoms with Crippen LogP contribution in [-0.2, 0) is 16.1 Å². The smallest absolute Gasteiger partial charge is 0.337 e. The number of anilines is 1. The number of hydrogen-bond donors (Lipinski definition) is 3. The molecule has 0 atom stereocenters. The van der Waals surface area contributed by atoms with Crippen molar-refractivity contribution in [3.63, 3.8) is 0 Å². The number of nitrogens with zero attached hydrogens (tertiary/aromatic N) is 8. The summed E-state index contributed by atoms with van der Waals surface area (Å²) >= 11 is 0. The van der Waals surface area contributed by atoms with Crippen molar-refractivity contribution < 1.29 is 29.3 Å². The number of nitrogen functional groups attached to an aromatic ring is 1. The van der Waals surface area contributed by atoms with E-state index in [1.54, 1.807) is 49.6 Å². The fraction of sp³-hybridized carbons (Fsp3) is 0.179. The zero-order valence-corrected chi connectivity index (χ0v) is 31.5. The Bertz CT molecular complexity index is 2820. The molecule has 7 aromatic rings. The van der Waals surface area contributed by atoms with Gasteiger partial charge in [0.2, 0.25) is 0 Å². The normalized spacial score (nSPS) is 10.3. The van der Waals surface area contributed by atoms with Crippen molar-refractivity contribution in [1.29, 1.82) is 10.5 Å². The van der Waals surface area contributed by atoms with Gasteiger partial charge in [0.25, 0.3) is 22.2 Å². The number of aryl methyl sites for hydroxylation is 2. The predicted molar refractivity (Wildman–Crippen MR) is 210 cm³/mol. The number of rotatable bonds is 7. The lowest BCUT2D eigenvalue weighted by molar-refractivity contribution is -0.143. The number of carboxylic acids is 2. The lowest BCUT2D eigenvalue weighted by Gasteiger charge is -2.09. The van der Waals surface area contributed by atoms with Gasteiger partial charge in [-0.2, -0.15) is 10.5 Å². The second-order valence-corrected chi connectivity index (χ2v) is 11.9. The minimum Gasteiger partial charge on any atom is -0.478 e. The number of nitriles is 2. The number of ether oxygens (including phenoxy) is 1. The number of hydrogen-bond acceptors (Lipinski definition) is 14. The molecule has 19 heteroatoms. The summed E-state index contributed by atoms with van der Waals surface area (Å²) in [6.45, 7) is 8.14. The molecule has 0 spiro atoms. The Morgan fingerprint density at radius 3 is 1.53 bits per heavy atom. The average Bonchev–Trinajstić information content (AvgIpc) is 3.77. The van der Waals surface area contributed by atoms with Crippen molar-refractivity contribution in [2.45, 2.75) is 41.2 Å². The second kappa shape index (κ2) is 17.9. The Labute approximate surface area is 326 Å². The number of aromatic carboxylic acids is 2. The van der Waals surface area contributed by atoms with Crippen LogP contribution in [0.1, 0.15) is 52.6 Å². The summed E-state index contributed by atoms with van der Waals surface area (Å²) in [4.78, 5) is 99.9. The van der Waals surface area contributed by atoms with Gasteiger partial charge in [0.15, 0.2) is 11.5 Å². The van der Waals surface area contributed by atoms with Crippen molar-refractivity contribution in [3.05, 3.63) is 125 Å². The van der Waals surface area contributed by atoms with Gasteiger partial charge in [-0.25, -0.2) is 33.7 Å². The molecule has 7 rings (SSSR count). The molecule has 0 radical (unpaired) electrons. The number of nitrogens with two attached hydrogens (primary N) is 1. The number of aromatic nitrogens is 6. The van der Waals surface area contributed by atoms with E-state index in [9.17, 15) is 43.8 Å². The lowest BCUT2D eigenvalue weighted by atomic mass is 10.1. The SMILES string of the molecule is CC#N.CC#N.CCOC(=O)Cn1cnc2c(N)ncnc21.Cc1cccc(C(=O)O)c1-n1c(=O)c2cc3c(=O)n(-c4c(C)cccc4C(=O)O)c(=O)c3cc2c1=O. The Hall–Kier alpha value is -8.32. The standard InChI is InChI=1S/C26H16N2O8.C9H11N5O2.2C2H3N/c1-11-5-3-7-13(25(33)34)19(11)27-21(29)15-9-17-18(10-16(15)22(27)30)24(32)28(23(17)31)20-12(2)6-4-8-14(20)26(35)36;1-2-16-6(15)3-14-5-13-7-8(10)11-4-12-9(7)14;2*1-2-3/h3-10H,1-2H3,(H,33,34)(H,35,36);4-5H,2-3H2,1H3,(H2,10,11,12);2*1H3. The Morgan fingerprint density at radius 2 is 1.16 bits per heavy atom. The van der Waals surface area contributed by atoms with Crippen LogP contribution in [0, 0.1) is 36.5 Å². The molecule has 58 heavy (non-hydrogen) atoms. The number of carboxylic acid groups (broad SMARTS) is 2. The minimum atomic E-state index is -1.33. The maximum Gasteiger partial charge on any atom is 0.337 e. The second-order valence-electron chi connectivity index (χ2n) is 11.9. The van der Waals surface area contributed by atoms with E-state index in [1.165, 1.54) is 50.8 Å². The van der Waals surface area contributed by atoms with E-state index >= 15 is 0 Å². The Balaban J connectivity index is 0.000000280. The molecule has 4 N–H and O–H groups in total. The van der Waals surface area contributed by atoms with Gasteiger partial charge in [0, 0.05) is 13.8 Å². The largest absolute Gasteiger partial charge is 0.478 e. The van der Waals surface area contributed by atoms with Crippen molar-refractivity contribution in [3.8, 4) is 23.5 Å². The summed E-state index contributed by atoms with van der Waals surface area (Å²) < 4.78 is 7.87. The van der Waals surface area contributed by atoms with Crippen molar-refractivity contribution in [2.24, 2.45) is 0 Å². The number of esters is 1. The van der Waals surface area contributed by atoms with E-state index < -0.39 is 34.2 Å². The van der Waals surface area contributed by atoms with E-state index in [4.69, 9.17) is 21.0 Å². The first kappa shape index (κ1) is 42.4. The third-order valence-corrected chi connectivity index (χ3v) is 8.31. The third kappa shape index (κ3) is 8.04. The predicted octanol–water partition coefficient (Wildman–Crippen LogP) is 2.94. The Morgan fingerprint density at radius 1 is 0.741 bits per heavy atom. The monoisotopic (exact) mass is 787 g/mol. The molecule has 0 bridgehead atoms. The van der Waals surface area contributed by atoms with Gasteiger partial charge in [-0.1, -0.05) is 24.3 Å². The summed E-state index contributed by atoms with van der Waals surface area (Å²) in [6.07, 6.45) is 2.83. The molecule has 19 nitrogen and oxygen atoms in total. The lowest BCUT2D eigenvalue weighted by Crippen LogP contribution is -2.27. The number of benzene rings is 3. The maximum atomic E-state index is 13.3. The molecular formula is C39H33N9O10.